The molecule has 0 saturated carbocycles. The van der Waals surface area contributed by atoms with Gasteiger partial charge in [-0.25, -0.2) is 0 Å². The van der Waals surface area contributed by atoms with E-state index in [-0.39, 0.29) is 0 Å². The summed E-state index contributed by atoms with van der Waals surface area (Å²) in [5, 5.41) is 0.742. The molecule has 0 amide bonds. The second-order valence-corrected chi connectivity index (χ2v) is 4.02. The van der Waals surface area contributed by atoms with E-state index < -0.39 is 0 Å². The molecule has 0 N–H and O–H groups in total. The maximum absolute atomic E-state index is 5.87. The molecule has 16 heavy (non-hydrogen) atoms. The maximum atomic E-state index is 5.87. The first-order valence-corrected chi connectivity index (χ1v) is 5.40. The standard InChI is InChI=1S/C13H9ClN2/c14-11-5-3-10(4-6-11)13-12-2-1-8-16(12)9-7-15-13/h1-9H. The molecule has 0 bridgehead atoms. The van der Waals surface area contributed by atoms with Gasteiger partial charge in [-0.1, -0.05) is 23.7 Å². The van der Waals surface area contributed by atoms with Crippen LogP contribution in [-0.2, 0) is 0 Å². The highest BCUT2D eigenvalue weighted by Gasteiger charge is 2.04. The van der Waals surface area contributed by atoms with Crippen LogP contribution in [0.15, 0.2) is 55.0 Å². The molecule has 3 heteroatoms. The van der Waals surface area contributed by atoms with Gasteiger partial charge in [0, 0.05) is 29.2 Å². The van der Waals surface area contributed by atoms with Gasteiger partial charge in [-0.05, 0) is 24.3 Å². The smallest absolute Gasteiger partial charge is 0.0942 e. The lowest BCUT2D eigenvalue weighted by molar-refractivity contribution is 1.14. The van der Waals surface area contributed by atoms with Crippen molar-refractivity contribution in [2.24, 2.45) is 0 Å². The summed E-state index contributed by atoms with van der Waals surface area (Å²) in [4.78, 5) is 4.42. The molecular weight excluding hydrogens is 220 g/mol. The van der Waals surface area contributed by atoms with Gasteiger partial charge in [0.25, 0.3) is 0 Å². The van der Waals surface area contributed by atoms with Crippen molar-refractivity contribution in [3.05, 3.63) is 60.0 Å². The van der Waals surface area contributed by atoms with Crippen LogP contribution in [0, 0.1) is 0 Å². The van der Waals surface area contributed by atoms with Crippen molar-refractivity contribution in [3.8, 4) is 11.3 Å². The zero-order chi connectivity index (χ0) is 11.0. The van der Waals surface area contributed by atoms with Gasteiger partial charge in [0.2, 0.25) is 0 Å². The Morgan fingerprint density at radius 3 is 2.62 bits per heavy atom. The van der Waals surface area contributed by atoms with Crippen molar-refractivity contribution < 1.29 is 0 Å². The average Bonchev–Trinajstić information content (AvgIpc) is 2.78. The van der Waals surface area contributed by atoms with Gasteiger partial charge in [0.1, 0.15) is 0 Å². The average molecular weight is 229 g/mol. The Morgan fingerprint density at radius 2 is 1.81 bits per heavy atom. The van der Waals surface area contributed by atoms with Crippen LogP contribution < -0.4 is 0 Å². The van der Waals surface area contributed by atoms with E-state index in [4.69, 9.17) is 11.6 Å². The van der Waals surface area contributed by atoms with Crippen molar-refractivity contribution in [2.75, 3.05) is 0 Å². The van der Waals surface area contributed by atoms with Crippen LogP contribution in [0.3, 0.4) is 0 Å². The minimum absolute atomic E-state index is 0.742. The Labute approximate surface area is 98.1 Å². The molecule has 0 aliphatic rings. The Hall–Kier alpha value is -1.80. The molecule has 0 atom stereocenters. The van der Waals surface area contributed by atoms with Crippen LogP contribution >= 0.6 is 11.6 Å². The molecule has 2 aromatic heterocycles. The van der Waals surface area contributed by atoms with Crippen molar-refractivity contribution in [1.29, 1.82) is 0 Å². The highest BCUT2D eigenvalue weighted by Crippen LogP contribution is 2.23. The topological polar surface area (TPSA) is 17.3 Å². The Morgan fingerprint density at radius 1 is 1.00 bits per heavy atom. The van der Waals surface area contributed by atoms with Crippen molar-refractivity contribution >= 4 is 17.1 Å². The third-order valence-corrected chi connectivity index (χ3v) is 2.82. The second-order valence-electron chi connectivity index (χ2n) is 3.58. The zero-order valence-corrected chi connectivity index (χ0v) is 9.22. The van der Waals surface area contributed by atoms with Crippen LogP contribution in [-0.4, -0.2) is 9.38 Å². The van der Waals surface area contributed by atoms with E-state index in [0.29, 0.717) is 0 Å². The Kier molecular flexibility index (Phi) is 2.15. The molecule has 0 aliphatic carbocycles. The van der Waals surface area contributed by atoms with Gasteiger partial charge in [-0.2, -0.15) is 0 Å². The quantitative estimate of drug-likeness (QED) is 0.621. The van der Waals surface area contributed by atoms with E-state index >= 15 is 0 Å². The van der Waals surface area contributed by atoms with Gasteiger partial charge in [0.05, 0.1) is 11.2 Å². The molecule has 0 fully saturated rings. The van der Waals surface area contributed by atoms with E-state index in [0.717, 1.165) is 21.8 Å². The van der Waals surface area contributed by atoms with Crippen LogP contribution in [0.2, 0.25) is 5.02 Å². The summed E-state index contributed by atoms with van der Waals surface area (Å²) in [7, 11) is 0. The molecule has 2 heterocycles. The number of halogens is 1. The minimum Gasteiger partial charge on any atom is -0.320 e. The molecule has 0 unspecified atom stereocenters. The fraction of sp³-hybridized carbons (Fsp3) is 0. The number of nitrogens with zero attached hydrogens (tertiary/aromatic N) is 2. The molecule has 0 saturated heterocycles. The number of hydrogen-bond acceptors (Lipinski definition) is 1. The molecule has 78 valence electrons. The second kappa shape index (κ2) is 3.65. The van der Waals surface area contributed by atoms with Gasteiger partial charge in [-0.15, -0.1) is 0 Å². The van der Waals surface area contributed by atoms with Gasteiger partial charge in [-0.3, -0.25) is 4.98 Å². The largest absolute Gasteiger partial charge is 0.320 e. The number of rotatable bonds is 1. The number of benzene rings is 1. The van der Waals surface area contributed by atoms with Crippen LogP contribution in [0.25, 0.3) is 16.8 Å². The highest BCUT2D eigenvalue weighted by molar-refractivity contribution is 6.30. The lowest BCUT2D eigenvalue weighted by Crippen LogP contribution is -1.89. The fourth-order valence-corrected chi connectivity index (χ4v) is 1.93. The SMILES string of the molecule is Clc1ccc(-c2nccn3cccc23)cc1. The van der Waals surface area contributed by atoms with Crippen molar-refractivity contribution in [3.63, 3.8) is 0 Å². The van der Waals surface area contributed by atoms with Crippen molar-refractivity contribution in [2.45, 2.75) is 0 Å². The third-order valence-electron chi connectivity index (χ3n) is 2.57. The lowest BCUT2D eigenvalue weighted by atomic mass is 10.1. The molecule has 0 aliphatic heterocycles. The van der Waals surface area contributed by atoms with E-state index in [1.807, 2.05) is 42.7 Å². The zero-order valence-electron chi connectivity index (χ0n) is 8.47. The van der Waals surface area contributed by atoms with Gasteiger partial charge < -0.3 is 4.40 Å². The first kappa shape index (κ1) is 9.43. The van der Waals surface area contributed by atoms with E-state index in [9.17, 15) is 0 Å². The number of hydrogen-bond donors (Lipinski definition) is 0. The molecule has 0 spiro atoms. The predicted molar refractivity (Wildman–Crippen MR) is 65.6 cm³/mol. The van der Waals surface area contributed by atoms with Crippen molar-refractivity contribution in [1.82, 2.24) is 9.38 Å². The summed E-state index contributed by atoms with van der Waals surface area (Å²) in [6.07, 6.45) is 5.75. The summed E-state index contributed by atoms with van der Waals surface area (Å²) < 4.78 is 2.05. The monoisotopic (exact) mass is 228 g/mol. The normalized spacial score (nSPS) is 10.8. The van der Waals surface area contributed by atoms with Gasteiger partial charge >= 0.3 is 0 Å². The van der Waals surface area contributed by atoms with Gasteiger partial charge in [0.15, 0.2) is 0 Å². The molecule has 3 rings (SSSR count). The van der Waals surface area contributed by atoms with Crippen LogP contribution in [0.5, 0.6) is 0 Å². The summed E-state index contributed by atoms with van der Waals surface area (Å²) in [5.41, 5.74) is 3.16. The van der Waals surface area contributed by atoms with Crippen LogP contribution in [0.4, 0.5) is 0 Å². The maximum Gasteiger partial charge on any atom is 0.0942 e. The van der Waals surface area contributed by atoms with E-state index in [1.165, 1.54) is 0 Å². The third kappa shape index (κ3) is 1.48. The van der Waals surface area contributed by atoms with E-state index in [1.54, 1.807) is 6.20 Å². The predicted octanol–water partition coefficient (Wildman–Crippen LogP) is 3.65. The van der Waals surface area contributed by atoms with Crippen LogP contribution in [0.1, 0.15) is 0 Å². The first-order valence-electron chi connectivity index (χ1n) is 5.02. The minimum atomic E-state index is 0.742. The molecule has 2 nitrogen and oxygen atoms in total. The number of aromatic nitrogens is 2. The molecule has 0 radical (unpaired) electrons. The summed E-state index contributed by atoms with van der Waals surface area (Å²) in [5.74, 6) is 0. The first-order chi connectivity index (χ1) is 7.84. The fourth-order valence-electron chi connectivity index (χ4n) is 1.80. The summed E-state index contributed by atoms with van der Waals surface area (Å²) in [6.45, 7) is 0. The lowest BCUT2D eigenvalue weighted by Gasteiger charge is -2.03. The number of fused-ring (bicyclic) bond motifs is 1. The summed E-state index contributed by atoms with van der Waals surface area (Å²) >= 11 is 5.87. The molecular formula is C13H9ClN2. The molecule has 1 aromatic carbocycles. The summed E-state index contributed by atoms with van der Waals surface area (Å²) in [6, 6.07) is 11.8. The highest BCUT2D eigenvalue weighted by atomic mass is 35.5. The molecule has 3 aromatic rings. The Bertz CT molecular complexity index is 626. The van der Waals surface area contributed by atoms with E-state index in [2.05, 4.69) is 15.5 Å². The Balaban J connectivity index is 2.25.